The summed E-state index contributed by atoms with van der Waals surface area (Å²) in [5, 5.41) is 7.76. The third-order valence-corrected chi connectivity index (χ3v) is 4.67. The summed E-state index contributed by atoms with van der Waals surface area (Å²) in [7, 11) is 1.63. The van der Waals surface area contributed by atoms with Crippen LogP contribution in [0.25, 0.3) is 11.3 Å². The molecule has 0 saturated heterocycles. The van der Waals surface area contributed by atoms with Gasteiger partial charge in [-0.25, -0.2) is 0 Å². The molecule has 1 amide bonds. The minimum absolute atomic E-state index is 0.0489. The molecule has 0 aliphatic carbocycles. The van der Waals surface area contributed by atoms with Crippen LogP contribution in [0.4, 0.5) is 0 Å². The SMILES string of the molecule is COc1ccc(-c2cc(CCCC(=O)NCCc3ccc(Cl)cc3)no2)cc1. The van der Waals surface area contributed by atoms with Crippen LogP contribution < -0.4 is 10.1 Å². The number of nitrogens with zero attached hydrogens (tertiary/aromatic N) is 1. The lowest BCUT2D eigenvalue weighted by Gasteiger charge is -2.05. The first-order chi connectivity index (χ1) is 13.6. The van der Waals surface area contributed by atoms with Gasteiger partial charge in [-0.2, -0.15) is 0 Å². The number of aryl methyl sites for hydroxylation is 1. The number of amides is 1. The van der Waals surface area contributed by atoms with Crippen LogP contribution in [0, 0.1) is 0 Å². The highest BCUT2D eigenvalue weighted by atomic mass is 35.5. The number of benzene rings is 2. The Kier molecular flexibility index (Phi) is 7.09. The maximum Gasteiger partial charge on any atom is 0.220 e. The van der Waals surface area contributed by atoms with Crippen LogP contribution in [-0.2, 0) is 17.6 Å². The van der Waals surface area contributed by atoms with Crippen LogP contribution in [0.2, 0.25) is 5.02 Å². The fourth-order valence-corrected chi connectivity index (χ4v) is 2.96. The van der Waals surface area contributed by atoms with Gasteiger partial charge < -0.3 is 14.6 Å². The first-order valence-electron chi connectivity index (χ1n) is 9.25. The molecule has 146 valence electrons. The Balaban J connectivity index is 1.38. The number of halogens is 1. The van der Waals surface area contributed by atoms with Gasteiger partial charge in [0.2, 0.25) is 5.91 Å². The number of rotatable bonds is 9. The number of ether oxygens (including phenoxy) is 1. The molecule has 3 rings (SSSR count). The average Bonchev–Trinajstić information content (AvgIpc) is 3.18. The van der Waals surface area contributed by atoms with Crippen LogP contribution in [-0.4, -0.2) is 24.7 Å². The van der Waals surface area contributed by atoms with Gasteiger partial charge in [-0.1, -0.05) is 28.9 Å². The van der Waals surface area contributed by atoms with Crippen molar-refractivity contribution in [1.29, 1.82) is 0 Å². The Labute approximate surface area is 169 Å². The fraction of sp³-hybridized carbons (Fsp3) is 0.273. The lowest BCUT2D eigenvalue weighted by Crippen LogP contribution is -2.25. The van der Waals surface area contributed by atoms with E-state index in [2.05, 4.69) is 10.5 Å². The molecule has 0 unspecified atom stereocenters. The number of aromatic nitrogens is 1. The van der Waals surface area contributed by atoms with E-state index in [0.717, 1.165) is 40.4 Å². The smallest absolute Gasteiger partial charge is 0.220 e. The summed E-state index contributed by atoms with van der Waals surface area (Å²) in [5.41, 5.74) is 2.94. The molecule has 1 N–H and O–H groups in total. The Hall–Kier alpha value is -2.79. The zero-order valence-electron chi connectivity index (χ0n) is 15.8. The van der Waals surface area contributed by atoms with Crippen molar-refractivity contribution in [3.63, 3.8) is 0 Å². The second kappa shape index (κ2) is 9.95. The van der Waals surface area contributed by atoms with Crippen molar-refractivity contribution in [3.05, 3.63) is 70.9 Å². The van der Waals surface area contributed by atoms with E-state index in [0.29, 0.717) is 25.1 Å². The number of hydrogen-bond acceptors (Lipinski definition) is 4. The number of nitrogens with one attached hydrogen (secondary N) is 1. The summed E-state index contributed by atoms with van der Waals surface area (Å²) < 4.78 is 10.6. The number of carbonyl (C=O) groups is 1. The number of methoxy groups -OCH3 is 1. The van der Waals surface area contributed by atoms with E-state index in [-0.39, 0.29) is 5.91 Å². The topological polar surface area (TPSA) is 64.4 Å². The average molecular weight is 399 g/mol. The molecular formula is C22H23ClN2O3. The van der Waals surface area contributed by atoms with Gasteiger partial charge >= 0.3 is 0 Å². The Morgan fingerprint density at radius 2 is 1.86 bits per heavy atom. The normalized spacial score (nSPS) is 10.6. The highest BCUT2D eigenvalue weighted by Gasteiger charge is 2.08. The van der Waals surface area contributed by atoms with E-state index in [1.54, 1.807) is 7.11 Å². The van der Waals surface area contributed by atoms with Crippen LogP contribution in [0.5, 0.6) is 5.75 Å². The number of hydrogen-bond donors (Lipinski definition) is 1. The summed E-state index contributed by atoms with van der Waals surface area (Å²) in [4.78, 5) is 12.0. The van der Waals surface area contributed by atoms with Crippen molar-refractivity contribution in [2.24, 2.45) is 0 Å². The van der Waals surface area contributed by atoms with E-state index < -0.39 is 0 Å². The maximum absolute atomic E-state index is 12.0. The number of carbonyl (C=O) groups excluding carboxylic acids is 1. The second-order valence-electron chi connectivity index (χ2n) is 6.49. The molecule has 0 fully saturated rings. The van der Waals surface area contributed by atoms with Crippen molar-refractivity contribution < 1.29 is 14.1 Å². The molecule has 0 bridgehead atoms. The minimum Gasteiger partial charge on any atom is -0.497 e. The minimum atomic E-state index is 0.0489. The lowest BCUT2D eigenvalue weighted by atomic mass is 10.1. The molecule has 3 aromatic rings. The Morgan fingerprint density at radius 3 is 2.57 bits per heavy atom. The Morgan fingerprint density at radius 1 is 1.11 bits per heavy atom. The third-order valence-electron chi connectivity index (χ3n) is 4.42. The highest BCUT2D eigenvalue weighted by Crippen LogP contribution is 2.23. The van der Waals surface area contributed by atoms with Crippen molar-refractivity contribution >= 4 is 17.5 Å². The predicted molar refractivity (Wildman–Crippen MR) is 110 cm³/mol. The molecular weight excluding hydrogens is 376 g/mol. The molecule has 0 aliphatic heterocycles. The lowest BCUT2D eigenvalue weighted by molar-refractivity contribution is -0.121. The second-order valence-corrected chi connectivity index (χ2v) is 6.93. The van der Waals surface area contributed by atoms with Crippen LogP contribution in [0.3, 0.4) is 0 Å². The van der Waals surface area contributed by atoms with Gasteiger partial charge in [0.25, 0.3) is 0 Å². The largest absolute Gasteiger partial charge is 0.497 e. The predicted octanol–water partition coefficient (Wildman–Crippen LogP) is 4.69. The van der Waals surface area contributed by atoms with Gasteiger partial charge in [0.1, 0.15) is 5.75 Å². The molecule has 5 nitrogen and oxygen atoms in total. The van der Waals surface area contributed by atoms with E-state index in [4.69, 9.17) is 20.9 Å². The fourth-order valence-electron chi connectivity index (χ4n) is 2.84. The van der Waals surface area contributed by atoms with Crippen molar-refractivity contribution in [1.82, 2.24) is 10.5 Å². The molecule has 0 spiro atoms. The van der Waals surface area contributed by atoms with E-state index in [9.17, 15) is 4.79 Å². The molecule has 6 heteroatoms. The zero-order valence-corrected chi connectivity index (χ0v) is 16.5. The highest BCUT2D eigenvalue weighted by molar-refractivity contribution is 6.30. The van der Waals surface area contributed by atoms with Gasteiger partial charge in [-0.3, -0.25) is 4.79 Å². The quantitative estimate of drug-likeness (QED) is 0.568. The van der Waals surface area contributed by atoms with Gasteiger partial charge in [0.05, 0.1) is 12.8 Å². The molecule has 1 aromatic heterocycles. The monoisotopic (exact) mass is 398 g/mol. The first-order valence-corrected chi connectivity index (χ1v) is 9.63. The van der Waals surface area contributed by atoms with E-state index in [1.807, 2.05) is 54.6 Å². The molecule has 0 radical (unpaired) electrons. The summed E-state index contributed by atoms with van der Waals surface area (Å²) in [6.45, 7) is 0.617. The zero-order chi connectivity index (χ0) is 19.8. The molecule has 0 saturated carbocycles. The van der Waals surface area contributed by atoms with E-state index in [1.165, 1.54) is 0 Å². The Bertz CT molecular complexity index is 889. The molecule has 0 atom stereocenters. The van der Waals surface area contributed by atoms with Gasteiger partial charge in [0.15, 0.2) is 5.76 Å². The van der Waals surface area contributed by atoms with Crippen LogP contribution in [0.15, 0.2) is 59.1 Å². The van der Waals surface area contributed by atoms with Crippen molar-refractivity contribution in [2.75, 3.05) is 13.7 Å². The van der Waals surface area contributed by atoms with E-state index >= 15 is 0 Å². The molecule has 2 aromatic carbocycles. The van der Waals surface area contributed by atoms with Gasteiger partial charge in [0, 0.05) is 29.6 Å². The summed E-state index contributed by atoms with van der Waals surface area (Å²) in [5.74, 6) is 1.56. The van der Waals surface area contributed by atoms with Crippen molar-refractivity contribution in [2.45, 2.75) is 25.7 Å². The molecule has 0 aliphatic rings. The summed E-state index contributed by atoms with van der Waals surface area (Å²) >= 11 is 5.87. The summed E-state index contributed by atoms with van der Waals surface area (Å²) in [6.07, 6.45) is 2.67. The van der Waals surface area contributed by atoms with Gasteiger partial charge in [-0.05, 0) is 61.2 Å². The van der Waals surface area contributed by atoms with Crippen LogP contribution in [0.1, 0.15) is 24.1 Å². The molecule has 28 heavy (non-hydrogen) atoms. The van der Waals surface area contributed by atoms with Gasteiger partial charge in [-0.15, -0.1) is 0 Å². The van der Waals surface area contributed by atoms with Crippen LogP contribution >= 0.6 is 11.6 Å². The molecule has 1 heterocycles. The third kappa shape index (κ3) is 5.86. The standard InChI is InChI=1S/C22H23ClN2O3/c1-27-20-11-7-17(8-12-20)21-15-19(25-28-21)3-2-4-22(26)24-14-13-16-5-9-18(23)10-6-16/h5-12,15H,2-4,13-14H2,1H3,(H,24,26). The summed E-state index contributed by atoms with van der Waals surface area (Å²) in [6, 6.07) is 17.2. The first kappa shape index (κ1) is 20.0. The maximum atomic E-state index is 12.0. The van der Waals surface area contributed by atoms with Crippen molar-refractivity contribution in [3.8, 4) is 17.1 Å².